The number of anilines is 2. The molecule has 0 aromatic carbocycles. The van der Waals surface area contributed by atoms with Crippen molar-refractivity contribution in [1.29, 1.82) is 0 Å². The van der Waals surface area contributed by atoms with Crippen molar-refractivity contribution in [2.75, 3.05) is 10.6 Å². The molecule has 1 aliphatic heterocycles. The molecule has 5 heteroatoms. The molecule has 1 aromatic heterocycles. The van der Waals surface area contributed by atoms with Crippen LogP contribution < -0.4 is 10.6 Å². The molecule has 18 heavy (non-hydrogen) atoms. The molecule has 0 unspecified atom stereocenters. The van der Waals surface area contributed by atoms with Crippen LogP contribution in [0.3, 0.4) is 0 Å². The zero-order valence-corrected chi connectivity index (χ0v) is 10.9. The maximum absolute atomic E-state index is 12.4. The highest BCUT2D eigenvalue weighted by atomic mass is 35.5. The first kappa shape index (κ1) is 11.8. The van der Waals surface area contributed by atoms with Crippen LogP contribution in [0.4, 0.5) is 11.5 Å². The number of hydrogen-bond acceptors (Lipinski definition) is 3. The Hall–Kier alpha value is -1.29. The lowest BCUT2D eigenvalue weighted by atomic mass is 9.87. The summed E-state index contributed by atoms with van der Waals surface area (Å²) in [6, 6.07) is 1.73. The molecule has 1 amide bonds. The van der Waals surface area contributed by atoms with Crippen molar-refractivity contribution >= 4 is 29.0 Å². The topological polar surface area (TPSA) is 54.0 Å². The van der Waals surface area contributed by atoms with Gasteiger partial charge >= 0.3 is 0 Å². The smallest absolute Gasteiger partial charge is 0.250 e. The summed E-state index contributed by atoms with van der Waals surface area (Å²) in [6.07, 6.45) is 7.95. The molecule has 2 N–H and O–H groups in total. The van der Waals surface area contributed by atoms with E-state index in [0.717, 1.165) is 31.5 Å². The molecule has 1 spiro atoms. The SMILES string of the molecule is O=C1Nc2cc(Cl)cnc2NC12CCCCCC2. The van der Waals surface area contributed by atoms with E-state index < -0.39 is 5.54 Å². The van der Waals surface area contributed by atoms with Gasteiger partial charge in [-0.3, -0.25) is 4.79 Å². The van der Waals surface area contributed by atoms with E-state index in [4.69, 9.17) is 11.6 Å². The van der Waals surface area contributed by atoms with Gasteiger partial charge < -0.3 is 10.6 Å². The lowest BCUT2D eigenvalue weighted by Gasteiger charge is -2.37. The van der Waals surface area contributed by atoms with Gasteiger partial charge in [-0.05, 0) is 18.9 Å². The van der Waals surface area contributed by atoms with Crippen LogP contribution in [0.2, 0.25) is 5.02 Å². The van der Waals surface area contributed by atoms with Crippen molar-refractivity contribution in [3.8, 4) is 0 Å². The summed E-state index contributed by atoms with van der Waals surface area (Å²) in [7, 11) is 0. The van der Waals surface area contributed by atoms with Crippen LogP contribution >= 0.6 is 11.6 Å². The molecule has 2 heterocycles. The lowest BCUT2D eigenvalue weighted by Crippen LogP contribution is -2.52. The van der Waals surface area contributed by atoms with Gasteiger partial charge in [-0.1, -0.05) is 37.3 Å². The Morgan fingerprint density at radius 3 is 2.67 bits per heavy atom. The Labute approximate surface area is 111 Å². The normalized spacial score (nSPS) is 21.7. The first-order valence-electron chi connectivity index (χ1n) is 6.45. The van der Waals surface area contributed by atoms with Crippen molar-refractivity contribution in [2.45, 2.75) is 44.1 Å². The van der Waals surface area contributed by atoms with Crippen LogP contribution in [0, 0.1) is 0 Å². The van der Waals surface area contributed by atoms with Crippen molar-refractivity contribution < 1.29 is 4.79 Å². The summed E-state index contributed by atoms with van der Waals surface area (Å²) in [6.45, 7) is 0. The fraction of sp³-hybridized carbons (Fsp3) is 0.538. The van der Waals surface area contributed by atoms with Crippen LogP contribution in [-0.4, -0.2) is 16.4 Å². The third kappa shape index (κ3) is 1.94. The van der Waals surface area contributed by atoms with Crippen LogP contribution in [0.25, 0.3) is 0 Å². The first-order valence-corrected chi connectivity index (χ1v) is 6.83. The maximum Gasteiger partial charge on any atom is 0.250 e. The minimum atomic E-state index is -0.468. The molecule has 4 nitrogen and oxygen atoms in total. The van der Waals surface area contributed by atoms with E-state index in [2.05, 4.69) is 15.6 Å². The Bertz CT molecular complexity index is 481. The fourth-order valence-electron chi connectivity index (χ4n) is 2.84. The van der Waals surface area contributed by atoms with Crippen LogP contribution in [0.15, 0.2) is 12.3 Å². The molecule has 3 rings (SSSR count). The number of nitrogens with one attached hydrogen (secondary N) is 2. The number of carbonyl (C=O) groups excluding carboxylic acids is 1. The molecule has 1 saturated carbocycles. The van der Waals surface area contributed by atoms with E-state index >= 15 is 0 Å². The average Bonchev–Trinajstić information content (AvgIpc) is 2.58. The number of carbonyl (C=O) groups is 1. The summed E-state index contributed by atoms with van der Waals surface area (Å²) in [5.74, 6) is 0.793. The van der Waals surface area contributed by atoms with Gasteiger partial charge in [0.15, 0.2) is 5.82 Å². The number of halogens is 1. The highest BCUT2D eigenvalue weighted by molar-refractivity contribution is 6.31. The summed E-state index contributed by atoms with van der Waals surface area (Å²) in [5, 5.41) is 6.82. The standard InChI is InChI=1S/C13H16ClN3O/c14-9-7-10-11(15-8-9)17-13(12(18)16-10)5-3-1-2-4-6-13/h7-8H,1-6H2,(H,15,17)(H,16,18). The predicted octanol–water partition coefficient (Wildman–Crippen LogP) is 3.19. The molecule has 0 saturated heterocycles. The summed E-state index contributed by atoms with van der Waals surface area (Å²) >= 11 is 5.89. The first-order chi connectivity index (χ1) is 8.70. The zero-order valence-electron chi connectivity index (χ0n) is 10.1. The van der Waals surface area contributed by atoms with Crippen molar-refractivity contribution in [2.24, 2.45) is 0 Å². The third-order valence-electron chi connectivity index (χ3n) is 3.85. The molecule has 1 aromatic rings. The number of nitrogens with zero attached hydrogens (tertiary/aromatic N) is 1. The van der Waals surface area contributed by atoms with Crippen molar-refractivity contribution in [3.63, 3.8) is 0 Å². The second-order valence-corrected chi connectivity index (χ2v) is 5.56. The minimum Gasteiger partial charge on any atom is -0.354 e. The van der Waals surface area contributed by atoms with Gasteiger partial charge in [0.05, 0.1) is 10.7 Å². The Kier molecular flexibility index (Phi) is 2.90. The highest BCUT2D eigenvalue weighted by Gasteiger charge is 2.42. The second-order valence-electron chi connectivity index (χ2n) is 5.13. The van der Waals surface area contributed by atoms with E-state index in [1.807, 2.05) is 0 Å². The quantitative estimate of drug-likeness (QED) is 0.757. The van der Waals surface area contributed by atoms with Gasteiger partial charge in [0.1, 0.15) is 5.54 Å². The van der Waals surface area contributed by atoms with Crippen molar-refractivity contribution in [3.05, 3.63) is 17.3 Å². The minimum absolute atomic E-state index is 0.0565. The summed E-state index contributed by atoms with van der Waals surface area (Å²) in [5.41, 5.74) is 0.215. The molecule has 1 aliphatic carbocycles. The van der Waals surface area contributed by atoms with E-state index in [-0.39, 0.29) is 5.91 Å². The number of hydrogen-bond donors (Lipinski definition) is 2. The maximum atomic E-state index is 12.4. The lowest BCUT2D eigenvalue weighted by molar-refractivity contribution is -0.121. The number of rotatable bonds is 0. The van der Waals surface area contributed by atoms with Crippen LogP contribution in [-0.2, 0) is 4.79 Å². The van der Waals surface area contributed by atoms with Gasteiger partial charge in [0.25, 0.3) is 0 Å². The molecule has 0 radical (unpaired) electrons. The molecular formula is C13H16ClN3O. The van der Waals surface area contributed by atoms with Gasteiger partial charge in [-0.15, -0.1) is 0 Å². The molecule has 96 valence electrons. The van der Waals surface area contributed by atoms with Gasteiger partial charge in [-0.25, -0.2) is 4.98 Å². The molecule has 0 bridgehead atoms. The molecular weight excluding hydrogens is 250 g/mol. The third-order valence-corrected chi connectivity index (χ3v) is 4.06. The monoisotopic (exact) mass is 265 g/mol. The van der Waals surface area contributed by atoms with E-state index in [1.165, 1.54) is 12.8 Å². The Morgan fingerprint density at radius 2 is 1.94 bits per heavy atom. The largest absolute Gasteiger partial charge is 0.354 e. The molecule has 2 aliphatic rings. The highest BCUT2D eigenvalue weighted by Crippen LogP contribution is 2.37. The Morgan fingerprint density at radius 1 is 1.22 bits per heavy atom. The zero-order chi connectivity index (χ0) is 12.6. The van der Waals surface area contributed by atoms with Crippen LogP contribution in [0.5, 0.6) is 0 Å². The van der Waals surface area contributed by atoms with Crippen molar-refractivity contribution in [1.82, 2.24) is 4.98 Å². The number of pyridine rings is 1. The van der Waals surface area contributed by atoms with Gasteiger partial charge in [0, 0.05) is 6.20 Å². The molecule has 0 atom stereocenters. The van der Waals surface area contributed by atoms with E-state index in [9.17, 15) is 4.79 Å². The van der Waals surface area contributed by atoms with Gasteiger partial charge in [-0.2, -0.15) is 0 Å². The Balaban J connectivity index is 1.95. The average molecular weight is 266 g/mol. The number of amides is 1. The number of fused-ring (bicyclic) bond motifs is 1. The summed E-state index contributed by atoms with van der Waals surface area (Å²) < 4.78 is 0. The fourth-order valence-corrected chi connectivity index (χ4v) is 3.00. The molecule has 1 fully saturated rings. The van der Waals surface area contributed by atoms with Crippen LogP contribution in [0.1, 0.15) is 38.5 Å². The summed E-state index contributed by atoms with van der Waals surface area (Å²) in [4.78, 5) is 16.6. The van der Waals surface area contributed by atoms with Gasteiger partial charge in [0.2, 0.25) is 5.91 Å². The predicted molar refractivity (Wildman–Crippen MR) is 71.9 cm³/mol. The second kappa shape index (κ2) is 4.43. The van der Waals surface area contributed by atoms with E-state index in [0.29, 0.717) is 10.7 Å². The number of aromatic nitrogens is 1. The van der Waals surface area contributed by atoms with E-state index in [1.54, 1.807) is 12.3 Å².